The second kappa shape index (κ2) is 34.8. The summed E-state index contributed by atoms with van der Waals surface area (Å²) < 4.78 is 6.51. The van der Waals surface area contributed by atoms with E-state index in [-0.39, 0.29) is 58.8 Å². The van der Waals surface area contributed by atoms with Gasteiger partial charge in [-0.1, -0.05) is 48.1 Å². The number of fused-ring (bicyclic) bond motifs is 4. The summed E-state index contributed by atoms with van der Waals surface area (Å²) in [6.45, 7) is 19.0. The monoisotopic (exact) mass is 1420 g/mol. The molecule has 87 heavy (non-hydrogen) atoms. The fraction of sp³-hybridized carbons (Fsp3) is 0.161. The number of aldehydes is 1. The number of aromatic carboxylic acids is 2. The van der Waals surface area contributed by atoms with E-state index in [1.54, 1.807) is 70.5 Å². The van der Waals surface area contributed by atoms with Crippen molar-refractivity contribution >= 4 is 194 Å². The molecule has 11 aromatic rings. The molecule has 1 amide bonds. The Balaban J connectivity index is 0.000000268. The number of amides is 1. The maximum Gasteiger partial charge on any atom is 1.00 e. The fourth-order valence-corrected chi connectivity index (χ4v) is 12.2. The van der Waals surface area contributed by atoms with Crippen LogP contribution in [0.5, 0.6) is 0 Å². The molecule has 0 radical (unpaired) electrons. The number of carboxylic acids is 2. The number of thiazole rings is 4. The number of hydrogen-bond acceptors (Lipinski definition) is 16. The number of nitro groups is 1. The number of halogens is 3. The summed E-state index contributed by atoms with van der Waals surface area (Å²) in [6.07, 6.45) is 0.841. The summed E-state index contributed by atoms with van der Waals surface area (Å²) >= 11 is 23.8. The van der Waals surface area contributed by atoms with Crippen molar-refractivity contribution in [2.45, 2.75) is 69.2 Å². The molecule has 0 fully saturated rings. The van der Waals surface area contributed by atoms with E-state index in [1.807, 2.05) is 108 Å². The molecule has 0 aliphatic heterocycles. The molecule has 4 N–H and O–H groups in total. The molecule has 7 aromatic carbocycles. The number of thiocarbonyl (C=S) groups is 1. The van der Waals surface area contributed by atoms with Crippen LogP contribution >= 0.6 is 101 Å². The first-order chi connectivity index (χ1) is 40.6. The Hall–Kier alpha value is -6.61. The zero-order valence-electron chi connectivity index (χ0n) is 49.9. The van der Waals surface area contributed by atoms with E-state index in [4.69, 9.17) is 34.0 Å². The molecule has 16 nitrogen and oxygen atoms in total. The second-order valence-electron chi connectivity index (χ2n) is 18.5. The SMILES string of the molecule is CC(=O)Nc1ccc(C)cc1Br.CC(=O)c1ccc2nc(C)sc2c1.CC(=S)Nc1ccc(C)cc1Br.Cc1ccc2nc(C)sc2c1.Cc1nc2cc(C(=O)O)ccc2s1.Cc1nc2cc(C=O)ccc2s1.O=C(O)c1ccc(Cl)c([N+](=O)[O-])c1.[H-].[Na+]. The van der Waals surface area contributed by atoms with E-state index < -0.39 is 22.5 Å². The molecule has 0 saturated heterocycles. The van der Waals surface area contributed by atoms with Crippen molar-refractivity contribution in [2.75, 3.05) is 10.6 Å². The van der Waals surface area contributed by atoms with Crippen molar-refractivity contribution < 1.29 is 70.1 Å². The van der Waals surface area contributed by atoms with Gasteiger partial charge in [-0.3, -0.25) is 24.5 Å². The number of nitrogens with one attached hydrogen (secondary N) is 2. The number of anilines is 2. The number of ketones is 1. The Bertz CT molecular complexity index is 4160. The summed E-state index contributed by atoms with van der Waals surface area (Å²) in [4.78, 5) is 80.8. The number of nitrogens with zero attached hydrogens (tertiary/aromatic N) is 5. The van der Waals surface area contributed by atoms with Gasteiger partial charge in [0.15, 0.2) is 5.78 Å². The number of aromatic nitrogens is 4. The number of carboxylic acid groups (broad SMARTS) is 2. The number of hydrogen-bond donors (Lipinski definition) is 4. The average molecular weight is 1420 g/mol. The van der Waals surface area contributed by atoms with Gasteiger partial charge in [-0.2, -0.15) is 0 Å². The van der Waals surface area contributed by atoms with E-state index in [1.165, 1.54) is 34.9 Å². The van der Waals surface area contributed by atoms with E-state index in [0.717, 1.165) is 105 Å². The van der Waals surface area contributed by atoms with Gasteiger partial charge in [0.05, 0.1) is 93.3 Å². The first kappa shape index (κ1) is 72.9. The minimum atomic E-state index is -1.22. The molecular formula is C62H57Br2ClN7NaO9S5. The van der Waals surface area contributed by atoms with Crippen molar-refractivity contribution in [2.24, 2.45) is 0 Å². The van der Waals surface area contributed by atoms with Crippen LogP contribution in [0, 0.1) is 58.6 Å². The quantitative estimate of drug-likeness (QED) is 0.0289. The summed E-state index contributed by atoms with van der Waals surface area (Å²) in [6, 6.07) is 37.8. The molecule has 25 heteroatoms. The molecule has 446 valence electrons. The van der Waals surface area contributed by atoms with Crippen molar-refractivity contribution in [3.8, 4) is 0 Å². The maximum atomic E-state index is 11.1. The Morgan fingerprint density at radius 2 is 0.966 bits per heavy atom. The largest absolute Gasteiger partial charge is 1.00 e. The summed E-state index contributed by atoms with van der Waals surface area (Å²) in [5.74, 6) is -2.08. The molecule has 0 unspecified atom stereocenters. The molecule has 0 aliphatic carbocycles. The molecule has 0 aliphatic rings. The number of Topliss-reactive ketones (excluding diaryl/α,β-unsaturated/α-hetero) is 1. The van der Waals surface area contributed by atoms with Crippen LogP contribution in [-0.2, 0) is 4.79 Å². The topological polar surface area (TPSA) is 245 Å². The molecule has 0 spiro atoms. The van der Waals surface area contributed by atoms with Gasteiger partial charge in [0.2, 0.25) is 5.91 Å². The third-order valence-electron chi connectivity index (χ3n) is 11.2. The average Bonchev–Trinajstić information content (AvgIpc) is 4.31. The zero-order chi connectivity index (χ0) is 63.5. The van der Waals surface area contributed by atoms with Gasteiger partial charge in [0, 0.05) is 33.1 Å². The predicted molar refractivity (Wildman–Crippen MR) is 365 cm³/mol. The molecular weight excluding hydrogens is 1370 g/mol. The first-order valence-electron chi connectivity index (χ1n) is 25.5. The normalized spacial score (nSPS) is 10.0. The molecule has 4 aromatic heterocycles. The van der Waals surface area contributed by atoms with Crippen molar-refractivity contribution in [3.63, 3.8) is 0 Å². The van der Waals surface area contributed by atoms with Gasteiger partial charge in [0.25, 0.3) is 5.69 Å². The van der Waals surface area contributed by atoms with Crippen LogP contribution in [-0.4, -0.2) is 70.0 Å². The number of benzene rings is 7. The Labute approximate surface area is 568 Å². The predicted octanol–water partition coefficient (Wildman–Crippen LogP) is 15.7. The van der Waals surface area contributed by atoms with Gasteiger partial charge in [-0.25, -0.2) is 29.5 Å². The van der Waals surface area contributed by atoms with Crippen molar-refractivity contribution in [1.29, 1.82) is 0 Å². The van der Waals surface area contributed by atoms with Crippen molar-refractivity contribution in [1.82, 2.24) is 19.9 Å². The van der Waals surface area contributed by atoms with Crippen LogP contribution in [0.1, 0.15) is 100 Å². The van der Waals surface area contributed by atoms with Gasteiger partial charge in [-0.05, 0) is 208 Å². The minimum Gasteiger partial charge on any atom is -1.00 e. The first-order valence-corrected chi connectivity index (χ1v) is 31.1. The molecule has 0 atom stereocenters. The zero-order valence-corrected chi connectivity index (χ0v) is 58.9. The van der Waals surface area contributed by atoms with Gasteiger partial charge >= 0.3 is 41.5 Å². The third kappa shape index (κ3) is 23.5. The third-order valence-corrected chi connectivity index (χ3v) is 16.7. The molecule has 4 heterocycles. The van der Waals surface area contributed by atoms with E-state index in [0.29, 0.717) is 5.56 Å². The maximum absolute atomic E-state index is 11.1. The second-order valence-corrected chi connectivity index (χ2v) is 26.2. The van der Waals surface area contributed by atoms with E-state index >= 15 is 0 Å². The standard InChI is InChI=1S/C10H9NOS.C9H10BrNO.C9H10BrNS.C9H7NO2S.C9H7NOS.C9H9NS.C7H4ClNO4.Na.H/c1-6(12)8-3-4-9-10(5-8)13-7(2)11-9;2*1-6-3-4-9(8(10)5-6)11-7(2)12;1-5-10-7-4-6(9(11)12)2-3-8(7)13-5;1-6-10-8-4-7(5-11)2-3-9(8)12-6;1-6-3-4-8-9(5-6)11-7(2)10-8;8-5-2-1-4(7(10)11)3-6(5)9(12)13;;/h3-5H,1-2H3;2*3-5H,1-2H3,(H,11,12);2-4H,1H3,(H,11,12);2-5H,1H3;3-5H,1-2H3;1-3H,(H,10,11);;/q;;;;;;;+1;-1. The number of carbonyl (C=O) groups excluding carboxylic acids is 3. The minimum absolute atomic E-state index is 0. The van der Waals surface area contributed by atoms with Crippen LogP contribution in [0.2, 0.25) is 5.02 Å². The summed E-state index contributed by atoms with van der Waals surface area (Å²) in [7, 11) is 0. The van der Waals surface area contributed by atoms with Gasteiger partial charge in [0.1, 0.15) is 11.3 Å². The van der Waals surface area contributed by atoms with Crippen LogP contribution < -0.4 is 40.2 Å². The number of nitro benzene ring substituents is 1. The summed E-state index contributed by atoms with van der Waals surface area (Å²) in [5.41, 5.74) is 10.5. The van der Waals surface area contributed by atoms with Crippen LogP contribution in [0.3, 0.4) is 0 Å². The Kier molecular flexibility index (Phi) is 29.2. The number of rotatable bonds is 7. The van der Waals surface area contributed by atoms with E-state index in [2.05, 4.69) is 101 Å². The smallest absolute Gasteiger partial charge is 1.00 e. The van der Waals surface area contributed by atoms with Gasteiger partial charge < -0.3 is 22.3 Å². The Morgan fingerprint density at radius 3 is 1.44 bits per heavy atom. The van der Waals surface area contributed by atoms with Crippen molar-refractivity contribution in [3.05, 3.63) is 210 Å². The number of aryl methyl sites for hydroxylation is 7. The van der Waals surface area contributed by atoms with Crippen LogP contribution in [0.25, 0.3) is 40.9 Å². The molecule has 0 bridgehead atoms. The van der Waals surface area contributed by atoms with Crippen LogP contribution in [0.15, 0.2) is 136 Å². The summed E-state index contributed by atoms with van der Waals surface area (Å²) in [5, 5.41) is 37.5. The van der Waals surface area contributed by atoms with Gasteiger partial charge in [-0.15, -0.1) is 45.3 Å². The van der Waals surface area contributed by atoms with Crippen LogP contribution in [0.4, 0.5) is 17.1 Å². The molecule has 0 saturated carbocycles. The number of carbonyl (C=O) groups is 5. The Morgan fingerprint density at radius 1 is 0.552 bits per heavy atom. The van der Waals surface area contributed by atoms with E-state index in [9.17, 15) is 34.1 Å². The fourth-order valence-electron chi connectivity index (χ4n) is 7.32. The molecule has 11 rings (SSSR count).